The minimum absolute atomic E-state index is 0.0352. The molecule has 0 saturated carbocycles. The average Bonchev–Trinajstić information content (AvgIpc) is 2.50. The van der Waals surface area contributed by atoms with E-state index in [0.717, 1.165) is 56.7 Å². The predicted octanol–water partition coefficient (Wildman–Crippen LogP) is 3.27. The van der Waals surface area contributed by atoms with Crippen LogP contribution in [-0.4, -0.2) is 36.3 Å². The van der Waals surface area contributed by atoms with Gasteiger partial charge in [0, 0.05) is 25.1 Å². The Morgan fingerprint density at radius 2 is 2.10 bits per heavy atom. The van der Waals surface area contributed by atoms with Crippen LogP contribution in [0.3, 0.4) is 0 Å². The Bertz CT molecular complexity index is 489. The lowest BCUT2D eigenvalue weighted by Gasteiger charge is -2.32. The van der Waals surface area contributed by atoms with Crippen LogP contribution in [0.25, 0.3) is 0 Å². The minimum atomic E-state index is -0.0352. The number of aryl methyl sites for hydroxylation is 1. The fourth-order valence-corrected chi connectivity index (χ4v) is 2.64. The highest BCUT2D eigenvalue weighted by Gasteiger charge is 2.24. The largest absolute Gasteiger partial charge is 0.508 e. The molecule has 1 saturated heterocycles. The molecule has 3 nitrogen and oxygen atoms in total. The molecule has 2 rings (SSSR count). The number of hydrogen-bond acceptors (Lipinski definition) is 3. The summed E-state index contributed by atoms with van der Waals surface area (Å²) >= 11 is 0. The molecule has 0 aliphatic carbocycles. The van der Waals surface area contributed by atoms with Crippen molar-refractivity contribution in [1.82, 2.24) is 4.90 Å². The van der Waals surface area contributed by atoms with Gasteiger partial charge in [0.2, 0.25) is 0 Å². The lowest BCUT2D eigenvalue weighted by molar-refractivity contribution is 0.0265. The van der Waals surface area contributed by atoms with Crippen molar-refractivity contribution >= 4 is 0 Å². The molecule has 21 heavy (non-hydrogen) atoms. The number of phenolic OH excluding ortho intramolecular Hbond substituents is 1. The summed E-state index contributed by atoms with van der Waals surface area (Å²) in [7, 11) is 0. The van der Waals surface area contributed by atoms with Crippen LogP contribution in [0.5, 0.6) is 5.75 Å². The quantitative estimate of drug-likeness (QED) is 0.681. The molecule has 3 heteroatoms. The molecule has 114 valence electrons. The fourth-order valence-electron chi connectivity index (χ4n) is 2.64. The summed E-state index contributed by atoms with van der Waals surface area (Å²) in [6, 6.07) is 5.64. The monoisotopic (exact) mass is 287 g/mol. The van der Waals surface area contributed by atoms with Gasteiger partial charge in [-0.2, -0.15) is 0 Å². The first-order valence-electron chi connectivity index (χ1n) is 7.82. The molecular weight excluding hydrogens is 262 g/mol. The van der Waals surface area contributed by atoms with E-state index in [1.165, 1.54) is 0 Å². The van der Waals surface area contributed by atoms with Crippen molar-refractivity contribution in [3.63, 3.8) is 0 Å². The summed E-state index contributed by atoms with van der Waals surface area (Å²) in [5.74, 6) is 7.02. The molecule has 0 radical (unpaired) electrons. The van der Waals surface area contributed by atoms with Gasteiger partial charge in [-0.3, -0.25) is 4.90 Å². The lowest BCUT2D eigenvalue weighted by Crippen LogP contribution is -2.38. The summed E-state index contributed by atoms with van der Waals surface area (Å²) in [6.07, 6.45) is 3.21. The second-order valence-electron chi connectivity index (χ2n) is 5.48. The maximum Gasteiger partial charge on any atom is 0.121 e. The summed E-state index contributed by atoms with van der Waals surface area (Å²) < 4.78 is 5.44. The van der Waals surface area contributed by atoms with Crippen LogP contribution in [0, 0.1) is 18.8 Å². The summed E-state index contributed by atoms with van der Waals surface area (Å²) in [5.41, 5.74) is 2.04. The van der Waals surface area contributed by atoms with E-state index in [0.29, 0.717) is 5.75 Å². The van der Waals surface area contributed by atoms with E-state index < -0.39 is 0 Å². The Morgan fingerprint density at radius 1 is 1.33 bits per heavy atom. The van der Waals surface area contributed by atoms with Crippen LogP contribution >= 0.6 is 0 Å². The van der Waals surface area contributed by atoms with Crippen molar-refractivity contribution in [3.8, 4) is 17.6 Å². The molecule has 1 aliphatic rings. The van der Waals surface area contributed by atoms with Crippen LogP contribution in [0.4, 0.5) is 0 Å². The van der Waals surface area contributed by atoms with Gasteiger partial charge in [0.05, 0.1) is 13.2 Å². The Balaban J connectivity index is 2.27. The zero-order valence-corrected chi connectivity index (χ0v) is 13.1. The number of hydrogen-bond donors (Lipinski definition) is 1. The zero-order chi connectivity index (χ0) is 15.1. The van der Waals surface area contributed by atoms with Crippen molar-refractivity contribution < 1.29 is 9.84 Å². The number of aromatic hydroxyl groups is 1. The minimum Gasteiger partial charge on any atom is -0.508 e. The summed E-state index contributed by atoms with van der Waals surface area (Å²) in [6.45, 7) is 7.41. The molecule has 1 aromatic rings. The van der Waals surface area contributed by atoms with Gasteiger partial charge >= 0.3 is 0 Å². The number of rotatable bonds is 4. The number of nitrogens with zero attached hydrogens (tertiary/aromatic N) is 1. The summed E-state index contributed by atoms with van der Waals surface area (Å²) in [5, 5.41) is 10.3. The molecule has 1 N–H and O–H groups in total. The zero-order valence-electron chi connectivity index (χ0n) is 13.1. The highest BCUT2D eigenvalue weighted by molar-refractivity contribution is 5.44. The lowest BCUT2D eigenvalue weighted by atomic mass is 9.98. The molecule has 0 bridgehead atoms. The van der Waals surface area contributed by atoms with Crippen LogP contribution in [0.2, 0.25) is 0 Å². The highest BCUT2D eigenvalue weighted by atomic mass is 16.5. The van der Waals surface area contributed by atoms with Crippen molar-refractivity contribution in [3.05, 3.63) is 29.3 Å². The van der Waals surface area contributed by atoms with Gasteiger partial charge in [-0.25, -0.2) is 0 Å². The molecule has 0 amide bonds. The number of unbranched alkanes of at least 4 members (excludes halogenated alkanes) is 2. The molecule has 1 heterocycles. The van der Waals surface area contributed by atoms with E-state index >= 15 is 0 Å². The maximum absolute atomic E-state index is 10.3. The van der Waals surface area contributed by atoms with Crippen molar-refractivity contribution in [2.75, 3.05) is 26.3 Å². The fraction of sp³-hybridized carbons (Fsp3) is 0.556. The number of phenols is 1. The molecule has 1 aliphatic heterocycles. The van der Waals surface area contributed by atoms with Gasteiger partial charge in [-0.05, 0) is 25.0 Å². The van der Waals surface area contributed by atoms with Gasteiger partial charge in [-0.15, -0.1) is 5.92 Å². The Labute approximate surface area is 127 Å². The van der Waals surface area contributed by atoms with E-state index in [-0.39, 0.29) is 6.04 Å². The van der Waals surface area contributed by atoms with Crippen LogP contribution < -0.4 is 0 Å². The molecule has 1 atom stereocenters. The van der Waals surface area contributed by atoms with Gasteiger partial charge in [0.1, 0.15) is 11.8 Å². The molecular formula is C18H25NO2. The first kappa shape index (κ1) is 15.9. The number of morpholine rings is 1. The SMILES string of the molecule is CCCCC#CC(c1c(C)cccc1O)N1CCOCC1. The van der Waals surface area contributed by atoms with E-state index in [1.807, 2.05) is 19.1 Å². The Morgan fingerprint density at radius 3 is 2.76 bits per heavy atom. The third kappa shape index (κ3) is 4.23. The smallest absolute Gasteiger partial charge is 0.121 e. The van der Waals surface area contributed by atoms with Crippen molar-refractivity contribution in [2.45, 2.75) is 39.2 Å². The molecule has 0 aromatic heterocycles. The van der Waals surface area contributed by atoms with Gasteiger partial charge in [-0.1, -0.05) is 31.4 Å². The van der Waals surface area contributed by atoms with E-state index in [1.54, 1.807) is 6.07 Å². The van der Waals surface area contributed by atoms with Gasteiger partial charge in [0.15, 0.2) is 0 Å². The first-order chi connectivity index (χ1) is 10.2. The van der Waals surface area contributed by atoms with Crippen LogP contribution in [-0.2, 0) is 4.74 Å². The van der Waals surface area contributed by atoms with Crippen molar-refractivity contribution in [2.24, 2.45) is 0 Å². The standard InChI is InChI=1S/C18H25NO2/c1-3-4-5-6-9-16(19-11-13-21-14-12-19)18-15(2)8-7-10-17(18)20/h7-8,10,16,20H,3-5,11-14H2,1-2H3. The molecule has 0 spiro atoms. The molecule has 1 fully saturated rings. The maximum atomic E-state index is 10.3. The summed E-state index contributed by atoms with van der Waals surface area (Å²) in [4.78, 5) is 2.31. The Hall–Kier alpha value is -1.50. The predicted molar refractivity (Wildman–Crippen MR) is 85.3 cm³/mol. The third-order valence-corrected chi connectivity index (χ3v) is 3.88. The normalized spacial score (nSPS) is 17.0. The number of benzene rings is 1. The second kappa shape index (κ2) is 8.07. The van der Waals surface area contributed by atoms with Crippen molar-refractivity contribution in [1.29, 1.82) is 0 Å². The van der Waals surface area contributed by atoms with E-state index in [9.17, 15) is 5.11 Å². The van der Waals surface area contributed by atoms with E-state index in [2.05, 4.69) is 23.7 Å². The van der Waals surface area contributed by atoms with Crippen LogP contribution in [0.1, 0.15) is 43.4 Å². The highest BCUT2D eigenvalue weighted by Crippen LogP contribution is 2.31. The van der Waals surface area contributed by atoms with Gasteiger partial charge in [0.25, 0.3) is 0 Å². The average molecular weight is 287 g/mol. The van der Waals surface area contributed by atoms with Crippen LogP contribution in [0.15, 0.2) is 18.2 Å². The third-order valence-electron chi connectivity index (χ3n) is 3.88. The topological polar surface area (TPSA) is 32.7 Å². The Kier molecular flexibility index (Phi) is 6.10. The first-order valence-corrected chi connectivity index (χ1v) is 7.82. The molecule has 1 unspecified atom stereocenters. The molecule has 1 aromatic carbocycles. The second-order valence-corrected chi connectivity index (χ2v) is 5.48. The number of ether oxygens (including phenoxy) is 1. The van der Waals surface area contributed by atoms with Gasteiger partial charge < -0.3 is 9.84 Å². The van der Waals surface area contributed by atoms with E-state index in [4.69, 9.17) is 4.74 Å².